The fourth-order valence-corrected chi connectivity index (χ4v) is 2.20. The van der Waals surface area contributed by atoms with Gasteiger partial charge in [-0.2, -0.15) is 0 Å². The molecular weight excluding hydrogens is 298 g/mol. The van der Waals surface area contributed by atoms with Crippen molar-refractivity contribution in [2.75, 3.05) is 0 Å². The molecule has 130 valence electrons. The standard InChI is InChI=1S/C16H27N3O4/c1-11(2)19-10-17-9-13(19)8-12(6-7-14(20)21)18-15(22)23-16(3,4)5/h9-12H,6-8H2,1-5H3,(H,18,22)(H,20,21). The molecule has 0 spiro atoms. The van der Waals surface area contributed by atoms with Crippen LogP contribution in [0, 0.1) is 0 Å². The number of ether oxygens (including phenoxy) is 1. The fraction of sp³-hybridized carbons (Fsp3) is 0.688. The minimum Gasteiger partial charge on any atom is -0.481 e. The van der Waals surface area contributed by atoms with Gasteiger partial charge in [0.05, 0.1) is 6.33 Å². The minimum atomic E-state index is -0.890. The number of nitrogens with one attached hydrogen (secondary N) is 1. The largest absolute Gasteiger partial charge is 0.481 e. The third kappa shape index (κ3) is 7.17. The highest BCUT2D eigenvalue weighted by molar-refractivity contribution is 5.69. The maximum Gasteiger partial charge on any atom is 0.407 e. The Labute approximate surface area is 137 Å². The molecule has 1 atom stereocenters. The van der Waals surface area contributed by atoms with Crippen LogP contribution in [0.5, 0.6) is 0 Å². The van der Waals surface area contributed by atoms with E-state index in [4.69, 9.17) is 9.84 Å². The zero-order valence-electron chi connectivity index (χ0n) is 14.5. The Morgan fingerprint density at radius 1 is 1.39 bits per heavy atom. The summed E-state index contributed by atoms with van der Waals surface area (Å²) in [5.74, 6) is -0.890. The molecule has 1 rings (SSSR count). The number of imidazole rings is 1. The molecule has 0 aromatic carbocycles. The van der Waals surface area contributed by atoms with E-state index < -0.39 is 17.7 Å². The van der Waals surface area contributed by atoms with Crippen molar-refractivity contribution in [2.45, 2.75) is 71.6 Å². The van der Waals surface area contributed by atoms with Gasteiger partial charge in [0, 0.05) is 36.8 Å². The maximum atomic E-state index is 12.0. The third-order valence-electron chi connectivity index (χ3n) is 3.19. The van der Waals surface area contributed by atoms with Gasteiger partial charge in [-0.25, -0.2) is 9.78 Å². The molecule has 7 nitrogen and oxygen atoms in total. The second-order valence-corrected chi connectivity index (χ2v) is 6.87. The molecule has 0 saturated heterocycles. The van der Waals surface area contributed by atoms with Crippen molar-refractivity contribution in [2.24, 2.45) is 0 Å². The summed E-state index contributed by atoms with van der Waals surface area (Å²) in [7, 11) is 0. The van der Waals surface area contributed by atoms with Gasteiger partial charge >= 0.3 is 12.1 Å². The number of carbonyl (C=O) groups excluding carboxylic acids is 1. The molecule has 1 aromatic rings. The molecule has 1 aromatic heterocycles. The van der Waals surface area contributed by atoms with Crippen LogP contribution in [0.2, 0.25) is 0 Å². The minimum absolute atomic E-state index is 0.0176. The molecule has 0 saturated carbocycles. The van der Waals surface area contributed by atoms with Gasteiger partial charge in [0.2, 0.25) is 0 Å². The number of hydrogen-bond acceptors (Lipinski definition) is 4. The molecule has 0 aliphatic rings. The molecule has 0 radical (unpaired) electrons. The molecule has 1 unspecified atom stereocenters. The number of aliphatic carboxylic acids is 1. The highest BCUT2D eigenvalue weighted by atomic mass is 16.6. The van der Waals surface area contributed by atoms with Crippen LogP contribution in [-0.2, 0) is 16.0 Å². The summed E-state index contributed by atoms with van der Waals surface area (Å²) in [5.41, 5.74) is 0.354. The Morgan fingerprint density at radius 2 is 2.04 bits per heavy atom. The molecular formula is C16H27N3O4. The van der Waals surface area contributed by atoms with Gasteiger partial charge in [-0.15, -0.1) is 0 Å². The van der Waals surface area contributed by atoms with E-state index in [1.807, 2.05) is 18.4 Å². The van der Waals surface area contributed by atoms with Crippen LogP contribution in [0.1, 0.15) is 59.2 Å². The summed E-state index contributed by atoms with van der Waals surface area (Å²) in [4.78, 5) is 26.9. The second kappa shape index (κ2) is 7.99. The van der Waals surface area contributed by atoms with Gasteiger partial charge in [-0.05, 0) is 41.0 Å². The Hall–Kier alpha value is -2.05. The van der Waals surface area contributed by atoms with Gasteiger partial charge in [-0.3, -0.25) is 4.79 Å². The molecule has 0 aliphatic heterocycles. The van der Waals surface area contributed by atoms with Crippen molar-refractivity contribution < 1.29 is 19.4 Å². The first-order chi connectivity index (χ1) is 10.6. The molecule has 0 bridgehead atoms. The van der Waals surface area contributed by atoms with Crippen molar-refractivity contribution in [1.29, 1.82) is 0 Å². The summed E-state index contributed by atoms with van der Waals surface area (Å²) in [5, 5.41) is 11.7. The van der Waals surface area contributed by atoms with Crippen LogP contribution < -0.4 is 5.32 Å². The maximum absolute atomic E-state index is 12.0. The molecule has 7 heteroatoms. The van der Waals surface area contributed by atoms with Crippen molar-refractivity contribution in [1.82, 2.24) is 14.9 Å². The van der Waals surface area contributed by atoms with E-state index >= 15 is 0 Å². The fourth-order valence-electron chi connectivity index (χ4n) is 2.20. The SMILES string of the molecule is CC(C)n1cncc1CC(CCC(=O)O)NC(=O)OC(C)(C)C. The number of amides is 1. The number of carboxylic acid groups (broad SMARTS) is 1. The Kier molecular flexibility index (Phi) is 6.60. The summed E-state index contributed by atoms with van der Waals surface area (Å²) in [6, 6.07) is -0.0794. The van der Waals surface area contributed by atoms with Crippen LogP contribution in [0.4, 0.5) is 4.79 Å². The Balaban J connectivity index is 2.77. The van der Waals surface area contributed by atoms with Crippen molar-refractivity contribution in [3.05, 3.63) is 18.2 Å². The quantitative estimate of drug-likeness (QED) is 0.804. The smallest absolute Gasteiger partial charge is 0.407 e. The van der Waals surface area contributed by atoms with Crippen LogP contribution in [0.15, 0.2) is 12.5 Å². The number of rotatable bonds is 7. The third-order valence-corrected chi connectivity index (χ3v) is 3.19. The van der Waals surface area contributed by atoms with Gasteiger partial charge in [0.25, 0.3) is 0 Å². The number of aromatic nitrogens is 2. The first-order valence-corrected chi connectivity index (χ1v) is 7.80. The number of carboxylic acids is 1. The van der Waals surface area contributed by atoms with Crippen LogP contribution in [-0.4, -0.2) is 38.4 Å². The monoisotopic (exact) mass is 325 g/mol. The number of nitrogens with zero attached hydrogens (tertiary/aromatic N) is 2. The summed E-state index contributed by atoms with van der Waals surface area (Å²) in [6.07, 6.45) is 3.76. The van der Waals surface area contributed by atoms with E-state index in [-0.39, 0.29) is 18.5 Å². The van der Waals surface area contributed by atoms with Gasteiger partial charge in [0.1, 0.15) is 5.60 Å². The number of carbonyl (C=O) groups is 2. The highest BCUT2D eigenvalue weighted by Gasteiger charge is 2.21. The Morgan fingerprint density at radius 3 is 2.57 bits per heavy atom. The van der Waals surface area contributed by atoms with Crippen molar-refractivity contribution >= 4 is 12.1 Å². The zero-order chi connectivity index (χ0) is 17.6. The second-order valence-electron chi connectivity index (χ2n) is 6.87. The zero-order valence-corrected chi connectivity index (χ0v) is 14.5. The molecule has 0 aliphatic carbocycles. The average molecular weight is 325 g/mol. The van der Waals surface area contributed by atoms with Crippen molar-refractivity contribution in [3.8, 4) is 0 Å². The van der Waals surface area contributed by atoms with Crippen molar-refractivity contribution in [3.63, 3.8) is 0 Å². The first-order valence-electron chi connectivity index (χ1n) is 7.80. The topological polar surface area (TPSA) is 93.5 Å². The van der Waals surface area contributed by atoms with Gasteiger partial charge < -0.3 is 19.7 Å². The predicted octanol–water partition coefficient (Wildman–Crippen LogP) is 2.76. The summed E-state index contributed by atoms with van der Waals surface area (Å²) < 4.78 is 7.26. The van der Waals surface area contributed by atoms with Crippen LogP contribution in [0.25, 0.3) is 0 Å². The summed E-state index contributed by atoms with van der Waals surface area (Å²) in [6.45, 7) is 9.43. The van der Waals surface area contributed by atoms with Gasteiger partial charge in [0.15, 0.2) is 0 Å². The highest BCUT2D eigenvalue weighted by Crippen LogP contribution is 2.14. The van der Waals surface area contributed by atoms with E-state index in [9.17, 15) is 9.59 Å². The molecule has 1 amide bonds. The summed E-state index contributed by atoms with van der Waals surface area (Å²) >= 11 is 0. The van der Waals surface area contributed by atoms with E-state index in [1.54, 1.807) is 33.3 Å². The predicted molar refractivity (Wildman–Crippen MR) is 86.3 cm³/mol. The average Bonchev–Trinajstić information content (AvgIpc) is 2.81. The lowest BCUT2D eigenvalue weighted by Crippen LogP contribution is -2.40. The molecule has 1 heterocycles. The van der Waals surface area contributed by atoms with E-state index in [1.165, 1.54) is 0 Å². The van der Waals surface area contributed by atoms with Crippen LogP contribution in [0.3, 0.4) is 0 Å². The normalized spacial score (nSPS) is 13.0. The molecule has 23 heavy (non-hydrogen) atoms. The molecule has 0 fully saturated rings. The van der Waals surface area contributed by atoms with E-state index in [0.29, 0.717) is 12.8 Å². The first kappa shape index (κ1) is 19.0. The van der Waals surface area contributed by atoms with Gasteiger partial charge in [-0.1, -0.05) is 0 Å². The van der Waals surface area contributed by atoms with Crippen LogP contribution >= 0.6 is 0 Å². The lowest BCUT2D eigenvalue weighted by molar-refractivity contribution is -0.137. The lowest BCUT2D eigenvalue weighted by atomic mass is 10.1. The molecule has 2 N–H and O–H groups in total. The number of alkyl carbamates (subject to hydrolysis) is 1. The van der Waals surface area contributed by atoms with E-state index in [0.717, 1.165) is 5.69 Å². The van der Waals surface area contributed by atoms with E-state index in [2.05, 4.69) is 10.3 Å². The number of hydrogen-bond donors (Lipinski definition) is 2. The lowest BCUT2D eigenvalue weighted by Gasteiger charge is -2.24. The Bertz CT molecular complexity index is 532.